The van der Waals surface area contributed by atoms with E-state index in [9.17, 15) is 4.39 Å². The molecule has 2 aliphatic rings. The zero-order valence-electron chi connectivity index (χ0n) is 11.1. The van der Waals surface area contributed by atoms with E-state index in [0.717, 1.165) is 24.9 Å². The van der Waals surface area contributed by atoms with Gasteiger partial charge in [0.25, 0.3) is 0 Å². The average molecular weight is 247 g/mol. The first kappa shape index (κ1) is 12.2. The number of fused-ring (bicyclic) bond motifs is 1. The van der Waals surface area contributed by atoms with Gasteiger partial charge in [0.1, 0.15) is 5.82 Å². The van der Waals surface area contributed by atoms with Crippen LogP contribution < -0.4 is 5.32 Å². The average Bonchev–Trinajstić information content (AvgIpc) is 2.95. The molecule has 1 saturated carbocycles. The third-order valence-electron chi connectivity index (χ3n) is 4.80. The highest BCUT2D eigenvalue weighted by atomic mass is 19.1. The number of halogens is 1. The SMILES string of the molecule is CC1(CNC2CCc3c(F)cccc32)CCCC1. The number of rotatable bonds is 3. The summed E-state index contributed by atoms with van der Waals surface area (Å²) in [7, 11) is 0. The van der Waals surface area contributed by atoms with Crippen LogP contribution in [0, 0.1) is 11.2 Å². The predicted molar refractivity (Wildman–Crippen MR) is 72.0 cm³/mol. The van der Waals surface area contributed by atoms with Crippen LogP contribution in [0.3, 0.4) is 0 Å². The van der Waals surface area contributed by atoms with Crippen molar-refractivity contribution in [2.75, 3.05) is 6.54 Å². The minimum Gasteiger partial charge on any atom is -0.309 e. The Labute approximate surface area is 109 Å². The van der Waals surface area contributed by atoms with Crippen LogP contribution in [0.25, 0.3) is 0 Å². The van der Waals surface area contributed by atoms with Gasteiger partial charge in [0, 0.05) is 12.6 Å². The summed E-state index contributed by atoms with van der Waals surface area (Å²) < 4.78 is 13.7. The molecule has 1 aromatic rings. The van der Waals surface area contributed by atoms with Crippen LogP contribution in [-0.2, 0) is 6.42 Å². The lowest BCUT2D eigenvalue weighted by Gasteiger charge is -2.26. The van der Waals surface area contributed by atoms with Crippen LogP contribution >= 0.6 is 0 Å². The summed E-state index contributed by atoms with van der Waals surface area (Å²) in [5, 5.41) is 3.68. The van der Waals surface area contributed by atoms with Crippen LogP contribution in [0.1, 0.15) is 56.2 Å². The maximum atomic E-state index is 13.7. The van der Waals surface area contributed by atoms with Gasteiger partial charge in [0.05, 0.1) is 0 Å². The second-order valence-electron chi connectivity index (χ2n) is 6.30. The topological polar surface area (TPSA) is 12.0 Å². The van der Waals surface area contributed by atoms with Crippen molar-refractivity contribution in [2.24, 2.45) is 5.41 Å². The monoisotopic (exact) mass is 247 g/mol. The highest BCUT2D eigenvalue weighted by Crippen LogP contribution is 2.38. The Hall–Kier alpha value is -0.890. The Morgan fingerprint density at radius 1 is 1.33 bits per heavy atom. The summed E-state index contributed by atoms with van der Waals surface area (Å²) in [5.74, 6) is -0.0242. The fourth-order valence-corrected chi connectivity index (χ4v) is 3.60. The molecule has 0 aromatic heterocycles. The molecule has 1 nitrogen and oxygen atoms in total. The van der Waals surface area contributed by atoms with E-state index in [2.05, 4.69) is 18.3 Å². The van der Waals surface area contributed by atoms with Crippen molar-refractivity contribution < 1.29 is 4.39 Å². The molecule has 1 atom stereocenters. The Bertz CT molecular complexity index is 435. The lowest BCUT2D eigenvalue weighted by Crippen LogP contribution is -2.31. The van der Waals surface area contributed by atoms with Crippen molar-refractivity contribution in [1.82, 2.24) is 5.32 Å². The normalized spacial score (nSPS) is 25.3. The molecule has 0 spiro atoms. The first-order chi connectivity index (χ1) is 8.68. The van der Waals surface area contributed by atoms with E-state index in [4.69, 9.17) is 0 Å². The number of hydrogen-bond donors (Lipinski definition) is 1. The Morgan fingerprint density at radius 2 is 2.11 bits per heavy atom. The zero-order valence-corrected chi connectivity index (χ0v) is 11.1. The van der Waals surface area contributed by atoms with Crippen LogP contribution in [-0.4, -0.2) is 6.54 Å². The van der Waals surface area contributed by atoms with Crippen molar-refractivity contribution in [2.45, 2.75) is 51.5 Å². The van der Waals surface area contributed by atoms with Gasteiger partial charge in [-0.05, 0) is 48.3 Å². The largest absolute Gasteiger partial charge is 0.309 e. The van der Waals surface area contributed by atoms with Gasteiger partial charge in [0.15, 0.2) is 0 Å². The van der Waals surface area contributed by atoms with Gasteiger partial charge in [-0.2, -0.15) is 0 Å². The lowest BCUT2D eigenvalue weighted by molar-refractivity contribution is 0.297. The zero-order chi connectivity index (χ0) is 12.6. The van der Waals surface area contributed by atoms with Crippen molar-refractivity contribution in [1.29, 1.82) is 0 Å². The fourth-order valence-electron chi connectivity index (χ4n) is 3.60. The van der Waals surface area contributed by atoms with E-state index in [1.807, 2.05) is 6.07 Å². The molecule has 1 N–H and O–H groups in total. The van der Waals surface area contributed by atoms with E-state index in [-0.39, 0.29) is 5.82 Å². The lowest BCUT2D eigenvalue weighted by atomic mass is 9.88. The first-order valence-corrected chi connectivity index (χ1v) is 7.19. The molecule has 18 heavy (non-hydrogen) atoms. The van der Waals surface area contributed by atoms with Gasteiger partial charge in [-0.1, -0.05) is 31.9 Å². The van der Waals surface area contributed by atoms with Gasteiger partial charge in [-0.25, -0.2) is 4.39 Å². The minimum atomic E-state index is -0.0242. The minimum absolute atomic E-state index is 0.0242. The number of benzene rings is 1. The van der Waals surface area contributed by atoms with E-state index in [0.29, 0.717) is 11.5 Å². The summed E-state index contributed by atoms with van der Waals surface area (Å²) in [4.78, 5) is 0. The Kier molecular flexibility index (Phi) is 3.14. The summed E-state index contributed by atoms with van der Waals surface area (Å²) in [6, 6.07) is 5.87. The molecule has 0 aliphatic heterocycles. The van der Waals surface area contributed by atoms with E-state index < -0.39 is 0 Å². The van der Waals surface area contributed by atoms with Gasteiger partial charge < -0.3 is 5.32 Å². The second kappa shape index (κ2) is 4.65. The summed E-state index contributed by atoms with van der Waals surface area (Å²) in [6.45, 7) is 3.46. The van der Waals surface area contributed by atoms with E-state index >= 15 is 0 Å². The molecule has 0 amide bonds. The van der Waals surface area contributed by atoms with Crippen molar-refractivity contribution in [3.63, 3.8) is 0 Å². The fraction of sp³-hybridized carbons (Fsp3) is 0.625. The van der Waals surface area contributed by atoms with Gasteiger partial charge in [-0.15, -0.1) is 0 Å². The maximum Gasteiger partial charge on any atom is 0.126 e. The standard InChI is InChI=1S/C16H22FN/c1-16(9-2-3-10-16)11-18-15-8-7-12-13(15)5-4-6-14(12)17/h4-6,15,18H,2-3,7-11H2,1H3. The molecule has 0 heterocycles. The maximum absolute atomic E-state index is 13.7. The smallest absolute Gasteiger partial charge is 0.126 e. The third kappa shape index (κ3) is 2.18. The Balaban J connectivity index is 1.68. The van der Waals surface area contributed by atoms with Crippen LogP contribution in [0.2, 0.25) is 0 Å². The summed E-state index contributed by atoms with van der Waals surface area (Å²) in [5.41, 5.74) is 2.60. The van der Waals surface area contributed by atoms with Crippen LogP contribution in [0.15, 0.2) is 18.2 Å². The van der Waals surface area contributed by atoms with Crippen molar-refractivity contribution in [3.8, 4) is 0 Å². The van der Waals surface area contributed by atoms with Crippen LogP contribution in [0.5, 0.6) is 0 Å². The van der Waals surface area contributed by atoms with E-state index in [1.165, 1.54) is 31.2 Å². The van der Waals surface area contributed by atoms with Gasteiger partial charge >= 0.3 is 0 Å². The molecule has 3 rings (SSSR count). The van der Waals surface area contributed by atoms with Crippen molar-refractivity contribution >= 4 is 0 Å². The molecule has 1 unspecified atom stereocenters. The second-order valence-corrected chi connectivity index (χ2v) is 6.30. The molecule has 0 bridgehead atoms. The predicted octanol–water partition coefficient (Wildman–Crippen LogP) is 3.98. The van der Waals surface area contributed by atoms with Gasteiger partial charge in [-0.3, -0.25) is 0 Å². The molecular weight excluding hydrogens is 225 g/mol. The molecule has 2 heteroatoms. The molecule has 1 fully saturated rings. The molecule has 98 valence electrons. The number of hydrogen-bond acceptors (Lipinski definition) is 1. The highest BCUT2D eigenvalue weighted by molar-refractivity contribution is 5.35. The summed E-state index contributed by atoms with van der Waals surface area (Å²) >= 11 is 0. The van der Waals surface area contributed by atoms with Crippen LogP contribution in [0.4, 0.5) is 4.39 Å². The highest BCUT2D eigenvalue weighted by Gasteiger charge is 2.31. The molecular formula is C16H22FN. The van der Waals surface area contributed by atoms with Crippen molar-refractivity contribution in [3.05, 3.63) is 35.1 Å². The molecule has 1 aromatic carbocycles. The van der Waals surface area contributed by atoms with E-state index in [1.54, 1.807) is 6.07 Å². The third-order valence-corrected chi connectivity index (χ3v) is 4.80. The van der Waals surface area contributed by atoms with Gasteiger partial charge in [0.2, 0.25) is 0 Å². The number of nitrogens with one attached hydrogen (secondary N) is 1. The summed E-state index contributed by atoms with van der Waals surface area (Å²) in [6.07, 6.45) is 7.34. The Morgan fingerprint density at radius 3 is 2.89 bits per heavy atom. The quantitative estimate of drug-likeness (QED) is 0.851. The first-order valence-electron chi connectivity index (χ1n) is 7.19. The molecule has 0 saturated heterocycles. The molecule has 2 aliphatic carbocycles. The molecule has 0 radical (unpaired) electrons.